The first kappa shape index (κ1) is 22.0. The van der Waals surface area contributed by atoms with Gasteiger partial charge in [-0.15, -0.1) is 0 Å². The Morgan fingerprint density at radius 3 is 2.13 bits per heavy atom. The van der Waals surface area contributed by atoms with Crippen molar-refractivity contribution in [3.8, 4) is 0 Å². The van der Waals surface area contributed by atoms with E-state index >= 15 is 0 Å². The fraction of sp³-hybridized carbons (Fsp3) is 0.417. The van der Waals surface area contributed by atoms with Gasteiger partial charge >= 0.3 is 11.9 Å². The molecule has 6 heteroatoms. The summed E-state index contributed by atoms with van der Waals surface area (Å²) < 4.78 is 23.0. The van der Waals surface area contributed by atoms with Crippen LogP contribution in [-0.2, 0) is 18.9 Å². The summed E-state index contributed by atoms with van der Waals surface area (Å²) in [5.41, 5.74) is 0.946. The molecule has 0 radical (unpaired) electrons. The van der Waals surface area contributed by atoms with Crippen molar-refractivity contribution in [2.24, 2.45) is 5.92 Å². The van der Waals surface area contributed by atoms with E-state index in [-0.39, 0.29) is 12.5 Å². The van der Waals surface area contributed by atoms with Crippen molar-refractivity contribution in [3.63, 3.8) is 0 Å². The number of unbranched alkanes of at least 4 members (excludes halogenated alkanes) is 1. The van der Waals surface area contributed by atoms with E-state index in [4.69, 9.17) is 18.9 Å². The summed E-state index contributed by atoms with van der Waals surface area (Å²) in [6.07, 6.45) is 0.142. The SMILES string of the molecule is CCCCO[C@H]1O[C@H](COC(=O)c2ccccc2)[C@@H](C)[C@@H]1OC(=O)c1ccccc1. The van der Waals surface area contributed by atoms with E-state index in [0.717, 1.165) is 12.8 Å². The van der Waals surface area contributed by atoms with Crippen molar-refractivity contribution in [2.75, 3.05) is 13.2 Å². The molecule has 1 heterocycles. The zero-order valence-electron chi connectivity index (χ0n) is 17.4. The minimum atomic E-state index is -0.695. The highest BCUT2D eigenvalue weighted by molar-refractivity contribution is 5.89. The largest absolute Gasteiger partial charge is 0.459 e. The number of benzene rings is 2. The molecule has 0 bridgehead atoms. The van der Waals surface area contributed by atoms with Gasteiger partial charge in [0.1, 0.15) is 12.7 Å². The van der Waals surface area contributed by atoms with Gasteiger partial charge in [0.25, 0.3) is 0 Å². The first-order chi connectivity index (χ1) is 14.6. The van der Waals surface area contributed by atoms with Crippen LogP contribution >= 0.6 is 0 Å². The average Bonchev–Trinajstić information content (AvgIpc) is 3.08. The van der Waals surface area contributed by atoms with Gasteiger partial charge in [-0.25, -0.2) is 9.59 Å². The summed E-state index contributed by atoms with van der Waals surface area (Å²) in [4.78, 5) is 24.8. The Morgan fingerprint density at radius 1 is 0.933 bits per heavy atom. The lowest BCUT2D eigenvalue weighted by molar-refractivity contribution is -0.170. The summed E-state index contributed by atoms with van der Waals surface area (Å²) in [7, 11) is 0. The maximum absolute atomic E-state index is 12.6. The second-order valence-corrected chi connectivity index (χ2v) is 7.33. The smallest absolute Gasteiger partial charge is 0.338 e. The fourth-order valence-corrected chi connectivity index (χ4v) is 3.25. The summed E-state index contributed by atoms with van der Waals surface area (Å²) in [6, 6.07) is 17.6. The normalized spacial score (nSPS) is 23.1. The third-order valence-corrected chi connectivity index (χ3v) is 5.10. The molecule has 1 aliphatic rings. The second-order valence-electron chi connectivity index (χ2n) is 7.33. The third kappa shape index (κ3) is 5.68. The van der Waals surface area contributed by atoms with E-state index in [9.17, 15) is 9.59 Å². The average molecular weight is 412 g/mol. The van der Waals surface area contributed by atoms with E-state index in [1.54, 1.807) is 48.5 Å². The molecule has 1 fully saturated rings. The number of esters is 2. The van der Waals surface area contributed by atoms with Gasteiger partial charge < -0.3 is 18.9 Å². The molecular weight excluding hydrogens is 384 g/mol. The van der Waals surface area contributed by atoms with Gasteiger partial charge in [0.15, 0.2) is 12.4 Å². The van der Waals surface area contributed by atoms with Crippen LogP contribution in [0.3, 0.4) is 0 Å². The Hall–Kier alpha value is -2.70. The highest BCUT2D eigenvalue weighted by Crippen LogP contribution is 2.31. The second kappa shape index (κ2) is 10.9. The molecule has 0 aliphatic carbocycles. The zero-order chi connectivity index (χ0) is 21.3. The number of carbonyl (C=O) groups excluding carboxylic acids is 2. The molecular formula is C24H28O6. The molecule has 0 N–H and O–H groups in total. The highest BCUT2D eigenvalue weighted by atomic mass is 16.7. The molecule has 4 atom stereocenters. The molecule has 0 aromatic heterocycles. The number of ether oxygens (including phenoxy) is 4. The molecule has 2 aromatic carbocycles. The van der Waals surface area contributed by atoms with E-state index in [1.807, 2.05) is 19.1 Å². The van der Waals surface area contributed by atoms with E-state index in [2.05, 4.69) is 6.92 Å². The van der Waals surface area contributed by atoms with Crippen molar-refractivity contribution >= 4 is 11.9 Å². The Kier molecular flexibility index (Phi) is 7.99. The first-order valence-corrected chi connectivity index (χ1v) is 10.4. The number of hydrogen-bond acceptors (Lipinski definition) is 6. The molecule has 160 valence electrons. The maximum Gasteiger partial charge on any atom is 0.338 e. The molecule has 0 saturated carbocycles. The van der Waals surface area contributed by atoms with Crippen LogP contribution in [0.4, 0.5) is 0 Å². The van der Waals surface area contributed by atoms with Gasteiger partial charge in [-0.3, -0.25) is 0 Å². The Labute approximate surface area is 177 Å². The maximum atomic E-state index is 12.6. The lowest BCUT2D eigenvalue weighted by atomic mass is 10.0. The highest BCUT2D eigenvalue weighted by Gasteiger charge is 2.45. The Morgan fingerprint density at radius 2 is 1.53 bits per heavy atom. The van der Waals surface area contributed by atoms with Crippen LogP contribution in [0.5, 0.6) is 0 Å². The topological polar surface area (TPSA) is 71.1 Å². The van der Waals surface area contributed by atoms with Gasteiger partial charge in [0.2, 0.25) is 0 Å². The van der Waals surface area contributed by atoms with E-state index in [0.29, 0.717) is 17.7 Å². The molecule has 30 heavy (non-hydrogen) atoms. The van der Waals surface area contributed by atoms with Gasteiger partial charge in [-0.1, -0.05) is 56.7 Å². The predicted molar refractivity (Wildman–Crippen MR) is 111 cm³/mol. The fourth-order valence-electron chi connectivity index (χ4n) is 3.25. The van der Waals surface area contributed by atoms with Crippen LogP contribution in [0.15, 0.2) is 60.7 Å². The first-order valence-electron chi connectivity index (χ1n) is 10.4. The Balaban J connectivity index is 1.63. The molecule has 0 unspecified atom stereocenters. The third-order valence-electron chi connectivity index (χ3n) is 5.10. The van der Waals surface area contributed by atoms with Gasteiger partial charge in [-0.2, -0.15) is 0 Å². The quantitative estimate of drug-likeness (QED) is 0.453. The lowest BCUT2D eigenvalue weighted by Crippen LogP contribution is -2.34. The van der Waals surface area contributed by atoms with E-state index in [1.165, 1.54) is 0 Å². The van der Waals surface area contributed by atoms with Crippen LogP contribution in [0.1, 0.15) is 47.4 Å². The minimum absolute atomic E-state index is 0.0575. The summed E-state index contributed by atoms with van der Waals surface area (Å²) in [5.74, 6) is -1.05. The number of carbonyl (C=O) groups is 2. The molecule has 1 aliphatic heterocycles. The summed E-state index contributed by atoms with van der Waals surface area (Å²) >= 11 is 0. The lowest BCUT2D eigenvalue weighted by Gasteiger charge is -2.21. The summed E-state index contributed by atoms with van der Waals surface area (Å²) in [6.45, 7) is 4.54. The standard InChI is InChI=1S/C24H28O6/c1-3-4-15-27-24-21(30-23(26)19-13-9-6-10-14-19)17(2)20(29-24)16-28-22(25)18-11-7-5-8-12-18/h5-14,17,20-21,24H,3-4,15-16H2,1-2H3/t17-,20-,21+,24+/m1/s1. The molecule has 1 saturated heterocycles. The van der Waals surface area contributed by atoms with Crippen molar-refractivity contribution in [1.29, 1.82) is 0 Å². The van der Waals surface area contributed by atoms with Crippen molar-refractivity contribution in [2.45, 2.75) is 45.2 Å². The van der Waals surface area contributed by atoms with Gasteiger partial charge in [-0.05, 0) is 30.7 Å². The zero-order valence-corrected chi connectivity index (χ0v) is 17.4. The monoisotopic (exact) mass is 412 g/mol. The van der Waals surface area contributed by atoms with Crippen molar-refractivity contribution in [3.05, 3.63) is 71.8 Å². The van der Waals surface area contributed by atoms with Crippen LogP contribution in [0.2, 0.25) is 0 Å². The predicted octanol–water partition coefficient (Wildman–Crippen LogP) is 4.25. The molecule has 0 spiro atoms. The van der Waals surface area contributed by atoms with Crippen molar-refractivity contribution in [1.82, 2.24) is 0 Å². The summed E-state index contributed by atoms with van der Waals surface area (Å²) in [5, 5.41) is 0. The van der Waals surface area contributed by atoms with Crippen LogP contribution in [0.25, 0.3) is 0 Å². The van der Waals surface area contributed by atoms with Crippen molar-refractivity contribution < 1.29 is 28.5 Å². The molecule has 2 aromatic rings. The molecule has 0 amide bonds. The van der Waals surface area contributed by atoms with Crippen LogP contribution in [-0.4, -0.2) is 43.7 Å². The van der Waals surface area contributed by atoms with Crippen LogP contribution in [0, 0.1) is 5.92 Å². The van der Waals surface area contributed by atoms with E-state index < -0.39 is 30.4 Å². The number of rotatable bonds is 9. The molecule has 3 rings (SSSR count). The molecule has 6 nitrogen and oxygen atoms in total. The Bertz CT molecular complexity index is 807. The number of hydrogen-bond donors (Lipinski definition) is 0. The minimum Gasteiger partial charge on any atom is -0.459 e. The van der Waals surface area contributed by atoms with Gasteiger partial charge in [0, 0.05) is 12.5 Å². The van der Waals surface area contributed by atoms with Gasteiger partial charge in [0.05, 0.1) is 11.1 Å². The van der Waals surface area contributed by atoms with Crippen LogP contribution < -0.4 is 0 Å².